The largest absolute Gasteiger partial charge is 0.367 e. The zero-order chi connectivity index (χ0) is 10.7. The molecule has 0 spiro atoms. The lowest BCUT2D eigenvalue weighted by atomic mass is 10.1. The molecule has 0 unspecified atom stereocenters. The molecule has 1 aliphatic heterocycles. The van der Waals surface area contributed by atoms with Crippen molar-refractivity contribution in [1.29, 1.82) is 5.26 Å². The first kappa shape index (κ1) is 10.3. The highest BCUT2D eigenvalue weighted by Crippen LogP contribution is 2.27. The lowest BCUT2D eigenvalue weighted by Crippen LogP contribution is -2.28. The lowest BCUT2D eigenvalue weighted by Gasteiger charge is -2.24. The van der Waals surface area contributed by atoms with E-state index in [0.29, 0.717) is 17.6 Å². The number of hydrogen-bond donors (Lipinski definition) is 0. The van der Waals surface area contributed by atoms with E-state index in [0.717, 1.165) is 25.1 Å². The normalized spacial score (nSPS) is 20.3. The number of halogens is 1. The quantitative estimate of drug-likeness (QED) is 0.721. The van der Waals surface area contributed by atoms with Crippen LogP contribution in [-0.2, 0) is 0 Å². The average molecular weight is 222 g/mol. The van der Waals surface area contributed by atoms with Gasteiger partial charge in [0, 0.05) is 24.5 Å². The first-order valence-electron chi connectivity index (χ1n) is 5.06. The summed E-state index contributed by atoms with van der Waals surface area (Å²) in [5.74, 6) is 0. The minimum atomic E-state index is 0.341. The monoisotopic (exact) mass is 221 g/mol. The number of pyridine rings is 1. The zero-order valence-corrected chi connectivity index (χ0v) is 9.11. The van der Waals surface area contributed by atoms with Gasteiger partial charge in [-0.15, -0.1) is 0 Å². The number of nitriles is 1. The van der Waals surface area contributed by atoms with E-state index < -0.39 is 0 Å². The summed E-state index contributed by atoms with van der Waals surface area (Å²) in [7, 11) is 0. The molecule has 0 bridgehead atoms. The molecule has 2 heterocycles. The van der Waals surface area contributed by atoms with Crippen LogP contribution in [0.15, 0.2) is 18.3 Å². The van der Waals surface area contributed by atoms with Gasteiger partial charge in [0.05, 0.1) is 12.5 Å². The lowest BCUT2D eigenvalue weighted by molar-refractivity contribution is 0.683. The summed E-state index contributed by atoms with van der Waals surface area (Å²) in [4.78, 5) is 6.20. The van der Waals surface area contributed by atoms with Crippen LogP contribution in [0.5, 0.6) is 0 Å². The third-order valence-corrected chi connectivity index (χ3v) is 2.95. The van der Waals surface area contributed by atoms with Crippen LogP contribution in [0.4, 0.5) is 5.69 Å². The maximum absolute atomic E-state index is 8.73. The fraction of sp³-hybridized carbons (Fsp3) is 0.455. The molecule has 1 fully saturated rings. The van der Waals surface area contributed by atoms with Crippen molar-refractivity contribution in [3.05, 3.63) is 23.5 Å². The second-order valence-electron chi connectivity index (χ2n) is 3.69. The SMILES string of the molecule is N#CC[C@@H]1CCCN1c1ccnc(Cl)c1. The molecular weight excluding hydrogens is 210 g/mol. The van der Waals surface area contributed by atoms with E-state index in [1.807, 2.05) is 12.1 Å². The first-order chi connectivity index (χ1) is 7.31. The summed E-state index contributed by atoms with van der Waals surface area (Å²) < 4.78 is 0. The van der Waals surface area contributed by atoms with Crippen LogP contribution in [0.2, 0.25) is 5.15 Å². The van der Waals surface area contributed by atoms with E-state index in [2.05, 4.69) is 16.0 Å². The summed E-state index contributed by atoms with van der Waals surface area (Å²) in [6.07, 6.45) is 4.53. The molecule has 1 atom stereocenters. The minimum absolute atomic E-state index is 0.341. The molecular formula is C11H12ClN3. The minimum Gasteiger partial charge on any atom is -0.367 e. The molecule has 1 aromatic rings. The fourth-order valence-corrected chi connectivity index (χ4v) is 2.23. The van der Waals surface area contributed by atoms with Gasteiger partial charge in [0.25, 0.3) is 0 Å². The van der Waals surface area contributed by atoms with Crippen molar-refractivity contribution < 1.29 is 0 Å². The third-order valence-electron chi connectivity index (χ3n) is 2.75. The highest BCUT2D eigenvalue weighted by atomic mass is 35.5. The summed E-state index contributed by atoms with van der Waals surface area (Å²) in [5, 5.41) is 9.24. The molecule has 1 saturated heterocycles. The Bertz CT molecular complexity index is 386. The highest BCUT2D eigenvalue weighted by Gasteiger charge is 2.24. The van der Waals surface area contributed by atoms with Crippen molar-refractivity contribution >= 4 is 17.3 Å². The van der Waals surface area contributed by atoms with E-state index >= 15 is 0 Å². The van der Waals surface area contributed by atoms with Crippen LogP contribution in [0.25, 0.3) is 0 Å². The molecule has 4 heteroatoms. The van der Waals surface area contributed by atoms with E-state index in [9.17, 15) is 0 Å². The second-order valence-corrected chi connectivity index (χ2v) is 4.08. The topological polar surface area (TPSA) is 39.9 Å². The van der Waals surface area contributed by atoms with E-state index in [1.54, 1.807) is 6.20 Å². The Labute approximate surface area is 94.3 Å². The second kappa shape index (κ2) is 4.50. The summed E-state index contributed by atoms with van der Waals surface area (Å²) in [5.41, 5.74) is 1.08. The van der Waals surface area contributed by atoms with Gasteiger partial charge in [0.15, 0.2) is 0 Å². The molecule has 0 saturated carbocycles. The van der Waals surface area contributed by atoms with Crippen LogP contribution >= 0.6 is 11.6 Å². The maximum atomic E-state index is 8.73. The Hall–Kier alpha value is -1.27. The van der Waals surface area contributed by atoms with Crippen molar-refractivity contribution in [2.75, 3.05) is 11.4 Å². The predicted octanol–water partition coefficient (Wildman–Crippen LogP) is 2.62. The first-order valence-corrected chi connectivity index (χ1v) is 5.44. The number of hydrogen-bond acceptors (Lipinski definition) is 3. The van der Waals surface area contributed by atoms with Gasteiger partial charge in [-0.2, -0.15) is 5.26 Å². The average Bonchev–Trinajstić information content (AvgIpc) is 2.66. The maximum Gasteiger partial charge on any atom is 0.131 e. The van der Waals surface area contributed by atoms with E-state index in [4.69, 9.17) is 16.9 Å². The zero-order valence-electron chi connectivity index (χ0n) is 8.36. The van der Waals surface area contributed by atoms with Gasteiger partial charge in [-0.25, -0.2) is 4.98 Å². The molecule has 0 aliphatic carbocycles. The Morgan fingerprint density at radius 2 is 2.53 bits per heavy atom. The van der Waals surface area contributed by atoms with Crippen molar-refractivity contribution in [2.24, 2.45) is 0 Å². The van der Waals surface area contributed by atoms with Gasteiger partial charge in [-0.05, 0) is 25.0 Å². The molecule has 3 nitrogen and oxygen atoms in total. The molecule has 1 aromatic heterocycles. The number of anilines is 1. The van der Waals surface area contributed by atoms with Crippen LogP contribution in [-0.4, -0.2) is 17.6 Å². The summed E-state index contributed by atoms with van der Waals surface area (Å²) in [6.45, 7) is 1.01. The van der Waals surface area contributed by atoms with Gasteiger partial charge in [0.1, 0.15) is 5.15 Å². The standard InChI is InChI=1S/C11H12ClN3/c12-11-8-10(4-6-14-11)15-7-1-2-9(15)3-5-13/h4,6,8-9H,1-3,7H2/t9-/m0/s1. The van der Waals surface area contributed by atoms with Gasteiger partial charge in [-0.3, -0.25) is 0 Å². The number of rotatable bonds is 2. The molecule has 2 rings (SSSR count). The van der Waals surface area contributed by atoms with Gasteiger partial charge in [0.2, 0.25) is 0 Å². The number of aromatic nitrogens is 1. The van der Waals surface area contributed by atoms with Gasteiger partial charge in [-0.1, -0.05) is 11.6 Å². The van der Waals surface area contributed by atoms with Crippen molar-refractivity contribution in [3.63, 3.8) is 0 Å². The predicted molar refractivity (Wildman–Crippen MR) is 59.8 cm³/mol. The summed E-state index contributed by atoms with van der Waals surface area (Å²) in [6, 6.07) is 6.38. The van der Waals surface area contributed by atoms with Gasteiger partial charge >= 0.3 is 0 Å². The molecule has 0 N–H and O–H groups in total. The Kier molecular flexibility index (Phi) is 3.08. The van der Waals surface area contributed by atoms with Crippen molar-refractivity contribution in [2.45, 2.75) is 25.3 Å². The Morgan fingerprint density at radius 3 is 3.27 bits per heavy atom. The van der Waals surface area contributed by atoms with E-state index in [1.165, 1.54) is 0 Å². The molecule has 0 aromatic carbocycles. The summed E-state index contributed by atoms with van der Waals surface area (Å²) >= 11 is 5.85. The highest BCUT2D eigenvalue weighted by molar-refractivity contribution is 6.29. The molecule has 15 heavy (non-hydrogen) atoms. The van der Waals surface area contributed by atoms with Crippen LogP contribution in [0, 0.1) is 11.3 Å². The third kappa shape index (κ3) is 2.21. The molecule has 0 amide bonds. The van der Waals surface area contributed by atoms with E-state index in [-0.39, 0.29) is 0 Å². The smallest absolute Gasteiger partial charge is 0.131 e. The van der Waals surface area contributed by atoms with Crippen LogP contribution < -0.4 is 4.90 Å². The molecule has 78 valence electrons. The fourth-order valence-electron chi connectivity index (χ4n) is 2.06. The van der Waals surface area contributed by atoms with Crippen molar-refractivity contribution in [1.82, 2.24) is 4.98 Å². The molecule has 0 radical (unpaired) electrons. The van der Waals surface area contributed by atoms with Crippen LogP contribution in [0.1, 0.15) is 19.3 Å². The van der Waals surface area contributed by atoms with Gasteiger partial charge < -0.3 is 4.90 Å². The molecule has 1 aliphatic rings. The number of nitrogens with zero attached hydrogens (tertiary/aromatic N) is 3. The van der Waals surface area contributed by atoms with Crippen molar-refractivity contribution in [3.8, 4) is 6.07 Å². The Balaban J connectivity index is 2.19. The van der Waals surface area contributed by atoms with Crippen LogP contribution in [0.3, 0.4) is 0 Å². The Morgan fingerprint density at radius 1 is 1.67 bits per heavy atom.